The smallest absolute Gasteiger partial charge is 0.394 e. The first-order valence-corrected chi connectivity index (χ1v) is 7.56. The van der Waals surface area contributed by atoms with Gasteiger partial charge in [0.15, 0.2) is 0 Å². The monoisotopic (exact) mass is 361 g/mol. The number of amides is 1. The first-order valence-electron chi connectivity index (χ1n) is 7.56. The molecule has 0 aromatic rings. The molecule has 1 N–H and O–H groups in total. The van der Waals surface area contributed by atoms with Gasteiger partial charge in [-0.3, -0.25) is 9.59 Å². The molecule has 1 amide bonds. The Morgan fingerprint density at radius 1 is 0.958 bits per heavy atom. The Labute approximate surface area is 133 Å². The van der Waals surface area contributed by atoms with Gasteiger partial charge in [-0.15, -0.1) is 0 Å². The zero-order chi connectivity index (χ0) is 18.3. The van der Waals surface area contributed by atoms with Crippen LogP contribution in [0.3, 0.4) is 0 Å². The molecule has 2 rings (SSSR count). The molecule has 4 atom stereocenters. The molecule has 10 heteroatoms. The van der Waals surface area contributed by atoms with Crippen molar-refractivity contribution in [3.05, 3.63) is 0 Å². The molecule has 2 unspecified atom stereocenters. The molecular weight excluding hydrogens is 344 g/mol. The average molecular weight is 361 g/mol. The molecule has 0 spiro atoms. The predicted octanol–water partition coefficient (Wildman–Crippen LogP) is 3.08. The van der Waals surface area contributed by atoms with Crippen molar-refractivity contribution in [2.75, 3.05) is 13.1 Å². The third-order valence-electron chi connectivity index (χ3n) is 4.86. The normalized spacial score (nSPS) is 32.0. The minimum absolute atomic E-state index is 0.101. The molecular formula is C14H17F6NO3. The van der Waals surface area contributed by atoms with Crippen LogP contribution in [-0.4, -0.2) is 47.3 Å². The van der Waals surface area contributed by atoms with Gasteiger partial charge in [0.2, 0.25) is 5.91 Å². The molecule has 0 aromatic carbocycles. The quantitative estimate of drug-likeness (QED) is 0.769. The standard InChI is InChI=1S/C14H17F6NO3/c15-13(16,17)8-3-1-2-7(4-8)11(22)21-5-9(12(23)24)10(6-21)14(18,19)20/h7-10H,1-6H2,(H,23,24)/t7?,8?,9-,10-/m1/s1. The Morgan fingerprint density at radius 3 is 2.04 bits per heavy atom. The Kier molecular flexibility index (Phi) is 5.06. The predicted molar refractivity (Wildman–Crippen MR) is 68.8 cm³/mol. The van der Waals surface area contributed by atoms with Gasteiger partial charge in [-0.1, -0.05) is 6.42 Å². The number of hydrogen-bond donors (Lipinski definition) is 1. The summed E-state index contributed by atoms with van der Waals surface area (Å²) in [5.41, 5.74) is 0. The number of alkyl halides is 6. The molecule has 24 heavy (non-hydrogen) atoms. The van der Waals surface area contributed by atoms with E-state index in [-0.39, 0.29) is 19.3 Å². The number of nitrogens with zero attached hydrogens (tertiary/aromatic N) is 1. The van der Waals surface area contributed by atoms with Crippen LogP contribution in [0.1, 0.15) is 25.7 Å². The highest BCUT2D eigenvalue weighted by atomic mass is 19.4. The third kappa shape index (κ3) is 3.94. The number of halogens is 6. The number of aliphatic carboxylic acids is 1. The first kappa shape index (κ1) is 18.9. The van der Waals surface area contributed by atoms with Gasteiger partial charge < -0.3 is 10.0 Å². The second-order valence-corrected chi connectivity index (χ2v) is 6.44. The molecule has 1 saturated carbocycles. The first-order chi connectivity index (χ1) is 10.9. The van der Waals surface area contributed by atoms with Crippen molar-refractivity contribution in [3.8, 4) is 0 Å². The highest BCUT2D eigenvalue weighted by molar-refractivity contribution is 5.81. The van der Waals surface area contributed by atoms with Gasteiger partial charge in [-0.05, 0) is 19.3 Å². The lowest BCUT2D eigenvalue weighted by Crippen LogP contribution is -2.40. The highest BCUT2D eigenvalue weighted by Crippen LogP contribution is 2.42. The van der Waals surface area contributed by atoms with Crippen LogP contribution in [0.25, 0.3) is 0 Å². The van der Waals surface area contributed by atoms with Crippen molar-refractivity contribution < 1.29 is 41.0 Å². The van der Waals surface area contributed by atoms with Crippen molar-refractivity contribution in [3.63, 3.8) is 0 Å². The molecule has 1 aliphatic carbocycles. The van der Waals surface area contributed by atoms with Crippen molar-refractivity contribution in [1.29, 1.82) is 0 Å². The SMILES string of the molecule is O=C(O)[C@@H]1CN(C(=O)C2CCCC(C(F)(F)F)C2)C[C@H]1C(F)(F)F. The largest absolute Gasteiger partial charge is 0.481 e. The molecule has 138 valence electrons. The number of hydrogen-bond acceptors (Lipinski definition) is 2. The molecule has 4 nitrogen and oxygen atoms in total. The summed E-state index contributed by atoms with van der Waals surface area (Å²) in [4.78, 5) is 24.1. The van der Waals surface area contributed by atoms with Crippen molar-refractivity contribution in [2.24, 2.45) is 23.7 Å². The number of carboxylic acids is 1. The van der Waals surface area contributed by atoms with Crippen molar-refractivity contribution >= 4 is 11.9 Å². The van der Waals surface area contributed by atoms with E-state index in [0.29, 0.717) is 0 Å². The van der Waals surface area contributed by atoms with Crippen molar-refractivity contribution in [1.82, 2.24) is 4.90 Å². The molecule has 1 saturated heterocycles. The molecule has 0 bridgehead atoms. The van der Waals surface area contributed by atoms with Gasteiger partial charge in [-0.25, -0.2) is 0 Å². The number of carbonyl (C=O) groups excluding carboxylic acids is 1. The maximum absolute atomic E-state index is 12.9. The molecule has 1 heterocycles. The van der Waals surface area contributed by atoms with Crippen LogP contribution in [0.5, 0.6) is 0 Å². The Balaban J connectivity index is 2.09. The summed E-state index contributed by atoms with van der Waals surface area (Å²) < 4.78 is 77.1. The number of carboxylic acid groups (broad SMARTS) is 1. The van der Waals surface area contributed by atoms with Gasteiger partial charge >= 0.3 is 18.3 Å². The minimum Gasteiger partial charge on any atom is -0.481 e. The van der Waals surface area contributed by atoms with Crippen LogP contribution in [0, 0.1) is 23.7 Å². The Morgan fingerprint density at radius 2 is 1.58 bits per heavy atom. The number of rotatable bonds is 2. The second kappa shape index (κ2) is 6.44. The Hall–Kier alpha value is -1.48. The van der Waals surface area contributed by atoms with Crippen LogP contribution in [0.15, 0.2) is 0 Å². The minimum atomic E-state index is -4.78. The summed E-state index contributed by atoms with van der Waals surface area (Å²) in [6.07, 6.45) is -9.43. The molecule has 2 fully saturated rings. The number of carbonyl (C=O) groups is 2. The van der Waals surface area contributed by atoms with Gasteiger partial charge in [0, 0.05) is 19.0 Å². The fourth-order valence-corrected chi connectivity index (χ4v) is 3.54. The van der Waals surface area contributed by atoms with E-state index in [9.17, 15) is 35.9 Å². The summed E-state index contributed by atoms with van der Waals surface area (Å²) >= 11 is 0. The zero-order valence-electron chi connectivity index (χ0n) is 12.5. The van der Waals surface area contributed by atoms with E-state index < -0.39 is 67.4 Å². The zero-order valence-corrected chi connectivity index (χ0v) is 12.5. The maximum Gasteiger partial charge on any atom is 0.394 e. The van der Waals surface area contributed by atoms with Crippen LogP contribution < -0.4 is 0 Å². The van der Waals surface area contributed by atoms with Crippen LogP contribution >= 0.6 is 0 Å². The molecule has 0 radical (unpaired) electrons. The van der Waals surface area contributed by atoms with Gasteiger partial charge in [0.1, 0.15) is 0 Å². The van der Waals surface area contributed by atoms with Gasteiger partial charge in [-0.2, -0.15) is 26.3 Å². The average Bonchev–Trinajstić information content (AvgIpc) is 2.91. The summed E-state index contributed by atoms with van der Waals surface area (Å²) in [6, 6.07) is 0. The molecule has 2 aliphatic rings. The maximum atomic E-state index is 12.9. The van der Waals surface area contributed by atoms with E-state index in [1.807, 2.05) is 0 Å². The van der Waals surface area contributed by atoms with Crippen molar-refractivity contribution in [2.45, 2.75) is 38.0 Å². The summed E-state index contributed by atoms with van der Waals surface area (Å²) in [7, 11) is 0. The summed E-state index contributed by atoms with van der Waals surface area (Å²) in [5.74, 6) is -9.09. The molecule has 0 aromatic heterocycles. The van der Waals surface area contributed by atoms with Gasteiger partial charge in [0.05, 0.1) is 17.8 Å². The summed E-state index contributed by atoms with van der Waals surface area (Å²) in [6.45, 7) is -1.43. The Bertz CT molecular complexity index is 504. The lowest BCUT2D eigenvalue weighted by Gasteiger charge is -2.32. The fourth-order valence-electron chi connectivity index (χ4n) is 3.54. The van der Waals surface area contributed by atoms with E-state index in [1.165, 1.54) is 0 Å². The lowest BCUT2D eigenvalue weighted by atomic mass is 9.80. The van der Waals surface area contributed by atoms with E-state index in [4.69, 9.17) is 5.11 Å². The van der Waals surface area contributed by atoms with E-state index in [0.717, 1.165) is 4.90 Å². The van der Waals surface area contributed by atoms with E-state index in [1.54, 1.807) is 0 Å². The molecule has 1 aliphatic heterocycles. The number of likely N-dealkylation sites (tertiary alicyclic amines) is 1. The van der Waals surface area contributed by atoms with Gasteiger partial charge in [0.25, 0.3) is 0 Å². The second-order valence-electron chi connectivity index (χ2n) is 6.44. The summed E-state index contributed by atoms with van der Waals surface area (Å²) in [5, 5.41) is 8.92. The lowest BCUT2D eigenvalue weighted by molar-refractivity contribution is -0.189. The topological polar surface area (TPSA) is 57.6 Å². The van der Waals surface area contributed by atoms with Crippen LogP contribution in [-0.2, 0) is 9.59 Å². The van der Waals surface area contributed by atoms with E-state index >= 15 is 0 Å². The van der Waals surface area contributed by atoms with Crippen LogP contribution in [0.4, 0.5) is 26.3 Å². The third-order valence-corrected chi connectivity index (χ3v) is 4.86. The fraction of sp³-hybridized carbons (Fsp3) is 0.857. The highest BCUT2D eigenvalue weighted by Gasteiger charge is 2.54. The van der Waals surface area contributed by atoms with E-state index in [2.05, 4.69) is 0 Å². The van der Waals surface area contributed by atoms with Crippen LogP contribution in [0.2, 0.25) is 0 Å².